The molecule has 0 saturated heterocycles. The van der Waals surface area contributed by atoms with Crippen LogP contribution in [0.15, 0.2) is 0 Å². The van der Waals surface area contributed by atoms with Gasteiger partial charge in [-0.25, -0.2) is 0 Å². The Morgan fingerprint density at radius 3 is 0.333 bits per heavy atom. The molecule has 9 heavy (non-hydrogen) atoms. The van der Waals surface area contributed by atoms with Crippen molar-refractivity contribution < 1.29 is 79.9 Å². The minimum atomic E-state index is 0. The number of hydrogen-bond donors (Lipinski definition) is 0. The van der Waals surface area contributed by atoms with E-state index in [2.05, 4.69) is 0 Å². The molecule has 0 aromatic rings. The Kier molecular flexibility index (Phi) is 497. The second-order valence-electron chi connectivity index (χ2n) is 0. The van der Waals surface area contributed by atoms with Crippen LogP contribution in [0.5, 0.6) is 0 Å². The van der Waals surface area contributed by atoms with E-state index in [1.807, 2.05) is 0 Å². The van der Waals surface area contributed by atoms with Crippen LogP contribution >= 0.6 is 0 Å². The molecular weight excluding hydrogens is 555 g/mol. The van der Waals surface area contributed by atoms with Crippen molar-refractivity contribution in [1.82, 2.24) is 0 Å². The van der Waals surface area contributed by atoms with Crippen molar-refractivity contribution in [3.8, 4) is 0 Å². The molecule has 0 unspecified atom stereocenters. The van der Waals surface area contributed by atoms with Gasteiger partial charge in [0.2, 0.25) is 0 Å². The molecule has 0 nitrogen and oxygen atoms in total. The van der Waals surface area contributed by atoms with Crippen molar-refractivity contribution in [1.29, 1.82) is 0 Å². The number of hydrogen-bond acceptors (Lipinski definition) is 0. The molecule has 2 radical (unpaired) electrons. The Morgan fingerprint density at radius 1 is 0.333 bits per heavy atom. The molecule has 0 aliphatic heterocycles. The van der Waals surface area contributed by atoms with E-state index >= 15 is 0 Å². The quantitative estimate of drug-likeness (QED) is 0.345. The first-order valence-corrected chi connectivity index (χ1v) is 0. The minimum Gasteiger partial charge on any atom is -2.00 e. The van der Waals surface area contributed by atoms with Crippen molar-refractivity contribution in [3.63, 3.8) is 0 Å². The van der Waals surface area contributed by atoms with E-state index in [0.29, 0.717) is 0 Å². The van der Waals surface area contributed by atoms with E-state index in [1.54, 1.807) is 0 Å². The van der Waals surface area contributed by atoms with Crippen molar-refractivity contribution in [2.45, 2.75) is 0 Å². The van der Waals surface area contributed by atoms with Crippen LogP contribution < -0.4 is 0 Å². The molecule has 0 bridgehead atoms. The predicted octanol–water partition coefficient (Wildman–Crippen LogP) is -0.774. The summed E-state index contributed by atoms with van der Waals surface area (Å²) in [6.45, 7) is 0. The third-order valence-electron chi connectivity index (χ3n) is 0. The predicted molar refractivity (Wildman–Crippen MR) is 48.3 cm³/mol. The van der Waals surface area contributed by atoms with Crippen LogP contribution in [0.25, 0.3) is 0 Å². The summed E-state index contributed by atoms with van der Waals surface area (Å²) in [7, 11) is 0. The first-order chi connectivity index (χ1) is 0. The van der Waals surface area contributed by atoms with Gasteiger partial charge in [-0.1, -0.05) is 0 Å². The monoisotopic (exact) mass is 556 g/mol. The summed E-state index contributed by atoms with van der Waals surface area (Å²) in [5.74, 6) is 0. The second kappa shape index (κ2) is 60.4. The summed E-state index contributed by atoms with van der Waals surface area (Å²) in [5.41, 5.74) is 0. The molecule has 0 aliphatic rings. The van der Waals surface area contributed by atoms with E-state index in [1.165, 1.54) is 0 Å². The van der Waals surface area contributed by atoms with Gasteiger partial charge in [0.05, 0.1) is 0 Å². The molecule has 50 valence electrons. The average molecular weight is 555 g/mol. The topological polar surface area (TPSA) is 0 Å². The van der Waals surface area contributed by atoms with Crippen LogP contribution in [0.2, 0.25) is 0 Å². The molecule has 0 heterocycles. The first kappa shape index (κ1) is 74.0. The molecule has 0 aliphatic carbocycles. The van der Waals surface area contributed by atoms with E-state index in [9.17, 15) is 0 Å². The van der Waals surface area contributed by atoms with Crippen molar-refractivity contribution >= 4 is 143 Å². The molecular formula is Ca2Gd2S5. The van der Waals surface area contributed by atoms with Gasteiger partial charge in [0.15, 0.2) is 0 Å². The largest absolute Gasteiger partial charge is 3.00 e. The Hall–Kier alpha value is 6.92. The molecule has 0 fully saturated rings. The van der Waals surface area contributed by atoms with Crippen molar-refractivity contribution in [3.05, 3.63) is 0 Å². The molecule has 0 amide bonds. The molecule has 0 aromatic heterocycles. The summed E-state index contributed by atoms with van der Waals surface area (Å²) >= 11 is 0. The standard InChI is InChI=1S/2Ca.2Gd.5S/q2*+2;2*+3;5*-2. The number of rotatable bonds is 0. The summed E-state index contributed by atoms with van der Waals surface area (Å²) in [5, 5.41) is 0. The van der Waals surface area contributed by atoms with Crippen LogP contribution in [0.3, 0.4) is 0 Å². The second-order valence-corrected chi connectivity index (χ2v) is 0. The molecule has 0 N–H and O–H groups in total. The van der Waals surface area contributed by atoms with Gasteiger partial charge < -0.3 is 67.5 Å². The fourth-order valence-electron chi connectivity index (χ4n) is 0. The maximum atomic E-state index is 0. The average Bonchev–Trinajstić information content (AvgIpc) is 0. The first-order valence-electron chi connectivity index (χ1n) is 0. The zero-order valence-electron chi connectivity index (χ0n) is 4.16. The van der Waals surface area contributed by atoms with E-state index in [-0.39, 0.29) is 223 Å². The summed E-state index contributed by atoms with van der Waals surface area (Å²) in [4.78, 5) is 0. The Labute approximate surface area is 216 Å². The third-order valence-corrected chi connectivity index (χ3v) is 0. The summed E-state index contributed by atoms with van der Waals surface area (Å²) < 4.78 is 0. The Bertz CT molecular complexity index is 12.9. The molecule has 0 rings (SSSR count). The molecule has 9 heteroatoms. The Morgan fingerprint density at radius 2 is 0.333 bits per heavy atom. The fourth-order valence-corrected chi connectivity index (χ4v) is 0. The zero-order valence-corrected chi connectivity index (χ0v) is 17.2. The van der Waals surface area contributed by atoms with E-state index in [0.717, 1.165) is 0 Å². The van der Waals surface area contributed by atoms with Gasteiger partial charge in [-0.2, -0.15) is 0 Å². The van der Waals surface area contributed by atoms with Gasteiger partial charge in [-0.15, -0.1) is 0 Å². The fraction of sp³-hybridized carbons (Fsp3) is 0. The minimum absolute atomic E-state index is 0. The van der Waals surface area contributed by atoms with Crippen LogP contribution in [-0.2, 0) is 67.5 Å². The SMILES string of the molecule is [Ca+2].[Ca+2].[Gd+3].[Gd+3].[S-2].[S-2].[S-2].[S-2].[S-2]. The Balaban J connectivity index is 0. The van der Waals surface area contributed by atoms with Gasteiger partial charge in [0, 0.05) is 0 Å². The van der Waals surface area contributed by atoms with Gasteiger partial charge in [0.1, 0.15) is 0 Å². The third kappa shape index (κ3) is 52.0. The van der Waals surface area contributed by atoms with Gasteiger partial charge >= 0.3 is 155 Å². The molecule has 0 spiro atoms. The van der Waals surface area contributed by atoms with Gasteiger partial charge in [0.25, 0.3) is 0 Å². The van der Waals surface area contributed by atoms with Crippen LogP contribution in [0, 0.1) is 79.9 Å². The van der Waals surface area contributed by atoms with Crippen LogP contribution in [0.1, 0.15) is 0 Å². The molecule has 0 saturated carbocycles. The van der Waals surface area contributed by atoms with Crippen molar-refractivity contribution in [2.24, 2.45) is 0 Å². The van der Waals surface area contributed by atoms with Crippen molar-refractivity contribution in [2.75, 3.05) is 0 Å². The van der Waals surface area contributed by atoms with Gasteiger partial charge in [-0.3, -0.25) is 0 Å². The summed E-state index contributed by atoms with van der Waals surface area (Å²) in [6.07, 6.45) is 0. The molecule has 0 atom stereocenters. The normalized spacial score (nSPS) is 0. The van der Waals surface area contributed by atoms with E-state index in [4.69, 9.17) is 0 Å². The maximum Gasteiger partial charge on any atom is 3.00 e. The van der Waals surface area contributed by atoms with Crippen LogP contribution in [-0.4, -0.2) is 75.5 Å². The zero-order chi connectivity index (χ0) is 0. The maximum absolute atomic E-state index is 0. The summed E-state index contributed by atoms with van der Waals surface area (Å²) in [6, 6.07) is 0. The van der Waals surface area contributed by atoms with E-state index < -0.39 is 0 Å². The van der Waals surface area contributed by atoms with Crippen LogP contribution in [0.4, 0.5) is 0 Å². The molecule has 0 aromatic carbocycles. The van der Waals surface area contributed by atoms with Gasteiger partial charge in [-0.05, 0) is 0 Å². The smallest absolute Gasteiger partial charge is 2.00 e.